The number of nitrogens with one attached hydrogen (secondary N) is 1. The van der Waals surface area contributed by atoms with Gasteiger partial charge in [-0.1, -0.05) is 6.92 Å². The Morgan fingerprint density at radius 2 is 1.96 bits per heavy atom. The third-order valence-corrected chi connectivity index (χ3v) is 7.00. The smallest absolute Gasteiger partial charge is 0.317 e. The van der Waals surface area contributed by atoms with E-state index in [0.717, 1.165) is 71.4 Å². The molecular formula is C20H34N4O2. The number of hydrogen-bond acceptors (Lipinski definition) is 3. The van der Waals surface area contributed by atoms with Crippen molar-refractivity contribution in [3.63, 3.8) is 0 Å². The van der Waals surface area contributed by atoms with Gasteiger partial charge in [-0.3, -0.25) is 9.69 Å². The first-order valence-corrected chi connectivity index (χ1v) is 10.7. The van der Waals surface area contributed by atoms with Crippen LogP contribution in [0.3, 0.4) is 0 Å². The van der Waals surface area contributed by atoms with E-state index in [9.17, 15) is 9.59 Å². The van der Waals surface area contributed by atoms with Crippen molar-refractivity contribution in [2.24, 2.45) is 11.8 Å². The first kappa shape index (κ1) is 18.1. The highest BCUT2D eigenvalue weighted by molar-refractivity contribution is 5.77. The molecule has 0 spiro atoms. The van der Waals surface area contributed by atoms with Gasteiger partial charge in [0.25, 0.3) is 0 Å². The van der Waals surface area contributed by atoms with Crippen LogP contribution in [0.2, 0.25) is 0 Å². The van der Waals surface area contributed by atoms with E-state index in [1.165, 1.54) is 12.8 Å². The molecule has 4 rings (SSSR count). The molecule has 4 aliphatic rings. The van der Waals surface area contributed by atoms with Crippen molar-refractivity contribution in [2.75, 3.05) is 39.3 Å². The molecule has 4 aliphatic heterocycles. The van der Waals surface area contributed by atoms with Crippen molar-refractivity contribution in [1.82, 2.24) is 20.0 Å². The fourth-order valence-electron chi connectivity index (χ4n) is 5.72. The summed E-state index contributed by atoms with van der Waals surface area (Å²) in [5, 5.41) is 3.00. The third kappa shape index (κ3) is 3.57. The van der Waals surface area contributed by atoms with Gasteiger partial charge in [-0.15, -0.1) is 0 Å². The number of piperidine rings is 4. The van der Waals surface area contributed by atoms with Crippen molar-refractivity contribution < 1.29 is 9.59 Å². The lowest BCUT2D eigenvalue weighted by Crippen LogP contribution is -2.62. The van der Waals surface area contributed by atoms with Crippen LogP contribution in [0, 0.1) is 11.8 Å². The summed E-state index contributed by atoms with van der Waals surface area (Å²) in [4.78, 5) is 31.4. The van der Waals surface area contributed by atoms with E-state index in [1.54, 1.807) is 0 Å². The number of fused-ring (bicyclic) bond motifs is 4. The van der Waals surface area contributed by atoms with E-state index in [1.807, 2.05) is 4.90 Å². The Morgan fingerprint density at radius 1 is 1.15 bits per heavy atom. The Labute approximate surface area is 157 Å². The minimum atomic E-state index is 0.108. The second-order valence-corrected chi connectivity index (χ2v) is 8.77. The predicted molar refractivity (Wildman–Crippen MR) is 101 cm³/mol. The van der Waals surface area contributed by atoms with Crippen molar-refractivity contribution in [3.8, 4) is 0 Å². The summed E-state index contributed by atoms with van der Waals surface area (Å²) in [6, 6.07) is 1.22. The molecule has 0 saturated carbocycles. The molecule has 0 unspecified atom stereocenters. The first-order chi connectivity index (χ1) is 12.7. The van der Waals surface area contributed by atoms with Gasteiger partial charge >= 0.3 is 6.03 Å². The van der Waals surface area contributed by atoms with Crippen molar-refractivity contribution >= 4 is 11.9 Å². The van der Waals surface area contributed by atoms with Gasteiger partial charge in [-0.05, 0) is 50.4 Å². The summed E-state index contributed by atoms with van der Waals surface area (Å²) in [5.74, 6) is 1.71. The van der Waals surface area contributed by atoms with Crippen LogP contribution in [-0.4, -0.2) is 78.0 Å². The fraction of sp³-hybridized carbons (Fsp3) is 0.900. The molecule has 146 valence electrons. The Kier molecular flexibility index (Phi) is 5.39. The highest BCUT2D eigenvalue weighted by Gasteiger charge is 2.45. The molecule has 26 heavy (non-hydrogen) atoms. The molecule has 4 heterocycles. The predicted octanol–water partition coefficient (Wildman–Crippen LogP) is 1.90. The highest BCUT2D eigenvalue weighted by atomic mass is 16.2. The zero-order valence-corrected chi connectivity index (χ0v) is 16.2. The van der Waals surface area contributed by atoms with Crippen LogP contribution in [0.25, 0.3) is 0 Å². The molecule has 0 radical (unpaired) electrons. The Bertz CT molecular complexity index is 532. The second-order valence-electron chi connectivity index (χ2n) is 8.77. The maximum atomic E-state index is 12.3. The summed E-state index contributed by atoms with van der Waals surface area (Å²) in [5.41, 5.74) is 0. The average molecular weight is 363 g/mol. The molecule has 4 saturated heterocycles. The first-order valence-electron chi connectivity index (χ1n) is 10.7. The van der Waals surface area contributed by atoms with E-state index in [2.05, 4.69) is 22.0 Å². The van der Waals surface area contributed by atoms with Gasteiger partial charge in [-0.25, -0.2) is 4.79 Å². The topological polar surface area (TPSA) is 55.9 Å². The van der Waals surface area contributed by atoms with Crippen LogP contribution in [0.5, 0.6) is 0 Å². The summed E-state index contributed by atoms with van der Waals surface area (Å²) < 4.78 is 0. The van der Waals surface area contributed by atoms with Gasteiger partial charge in [0.15, 0.2) is 0 Å². The van der Waals surface area contributed by atoms with Crippen LogP contribution < -0.4 is 5.32 Å². The Balaban J connectivity index is 1.32. The Morgan fingerprint density at radius 3 is 2.73 bits per heavy atom. The maximum Gasteiger partial charge on any atom is 0.317 e. The maximum absolute atomic E-state index is 12.3. The quantitative estimate of drug-likeness (QED) is 0.834. The number of amides is 3. The van der Waals surface area contributed by atoms with E-state index in [-0.39, 0.29) is 6.03 Å². The van der Waals surface area contributed by atoms with Crippen molar-refractivity contribution in [3.05, 3.63) is 0 Å². The van der Waals surface area contributed by atoms with Crippen LogP contribution in [0.15, 0.2) is 0 Å². The van der Waals surface area contributed by atoms with Gasteiger partial charge in [0.2, 0.25) is 5.91 Å². The molecule has 3 atom stereocenters. The molecule has 1 N–H and O–H groups in total. The van der Waals surface area contributed by atoms with Crippen LogP contribution in [-0.2, 0) is 4.79 Å². The summed E-state index contributed by atoms with van der Waals surface area (Å²) in [7, 11) is 0. The number of hydrogen-bond donors (Lipinski definition) is 1. The summed E-state index contributed by atoms with van der Waals surface area (Å²) in [6.07, 6.45) is 7.51. The Hall–Kier alpha value is -1.30. The fourth-order valence-corrected chi connectivity index (χ4v) is 5.72. The molecule has 6 nitrogen and oxygen atoms in total. The zero-order valence-electron chi connectivity index (χ0n) is 16.2. The van der Waals surface area contributed by atoms with E-state index >= 15 is 0 Å². The van der Waals surface area contributed by atoms with Gasteiger partial charge in [0.1, 0.15) is 0 Å². The lowest BCUT2D eigenvalue weighted by Gasteiger charge is -2.54. The number of rotatable bonds is 3. The third-order valence-electron chi connectivity index (χ3n) is 7.00. The van der Waals surface area contributed by atoms with Crippen LogP contribution >= 0.6 is 0 Å². The standard InChI is InChI=1S/C20H34N4O2/c1-2-8-21-20(26)22-9-6-17(7-10-22)23-12-15-11-16(14-23)18-4-3-5-19(25)24(18)13-15/h15-18H,2-14H2,1H3,(H,21,26)/t15-,16-,18-/m1/s1. The van der Waals surface area contributed by atoms with Gasteiger partial charge in [-0.2, -0.15) is 0 Å². The monoisotopic (exact) mass is 362 g/mol. The SMILES string of the molecule is CCCNC(=O)N1CCC(N2C[C@H]3C[C@H](C2)[C@H]2CCCC(=O)N2C3)CC1. The number of carbonyl (C=O) groups is 2. The molecule has 3 amide bonds. The largest absolute Gasteiger partial charge is 0.339 e. The van der Waals surface area contributed by atoms with E-state index < -0.39 is 0 Å². The molecule has 2 bridgehead atoms. The van der Waals surface area contributed by atoms with Gasteiger partial charge in [0.05, 0.1) is 0 Å². The number of likely N-dealkylation sites (tertiary alicyclic amines) is 2. The minimum Gasteiger partial charge on any atom is -0.339 e. The van der Waals surface area contributed by atoms with E-state index in [4.69, 9.17) is 0 Å². The van der Waals surface area contributed by atoms with Crippen molar-refractivity contribution in [2.45, 2.75) is 64.0 Å². The molecule has 6 heteroatoms. The molecule has 0 aromatic carbocycles. The van der Waals surface area contributed by atoms with E-state index in [0.29, 0.717) is 29.8 Å². The van der Waals surface area contributed by atoms with Gasteiger partial charge in [0, 0.05) is 57.8 Å². The average Bonchev–Trinajstić information content (AvgIpc) is 2.67. The molecule has 0 aromatic rings. The second kappa shape index (κ2) is 7.75. The number of carbonyl (C=O) groups excluding carboxylic acids is 2. The highest BCUT2D eigenvalue weighted by Crippen LogP contribution is 2.39. The summed E-state index contributed by atoms with van der Waals surface area (Å²) >= 11 is 0. The number of urea groups is 1. The molecular weight excluding hydrogens is 328 g/mol. The normalized spacial score (nSPS) is 33.1. The van der Waals surface area contributed by atoms with Crippen molar-refractivity contribution in [1.29, 1.82) is 0 Å². The summed E-state index contributed by atoms with van der Waals surface area (Å²) in [6.45, 7) is 7.87. The lowest BCUT2D eigenvalue weighted by molar-refractivity contribution is -0.145. The lowest BCUT2D eigenvalue weighted by atomic mass is 9.75. The molecule has 0 aliphatic carbocycles. The number of nitrogens with zero attached hydrogens (tertiary/aromatic N) is 3. The molecule has 4 fully saturated rings. The van der Waals surface area contributed by atoms with Crippen LogP contribution in [0.4, 0.5) is 4.79 Å². The van der Waals surface area contributed by atoms with Crippen LogP contribution in [0.1, 0.15) is 51.9 Å². The molecule has 0 aromatic heterocycles. The minimum absolute atomic E-state index is 0.108. The zero-order chi connectivity index (χ0) is 18.1. The van der Waals surface area contributed by atoms with Gasteiger partial charge < -0.3 is 15.1 Å².